The molecule has 0 saturated heterocycles. The normalized spacial score (nSPS) is 10.8. The second kappa shape index (κ2) is 4.27. The van der Waals surface area contributed by atoms with E-state index in [1.54, 1.807) is 6.92 Å². The minimum absolute atomic E-state index is 0.604. The molecule has 0 spiro atoms. The average Bonchev–Trinajstić information content (AvgIpc) is 2.78. The first kappa shape index (κ1) is 9.92. The van der Waals surface area contributed by atoms with Crippen LogP contribution < -0.4 is 5.32 Å². The standard InChI is InChI=1S/C10H14N4O/c1-8-12-13-10(15-8)7-14-5-3-4-9(14)6-11-2/h3-5,11H,6-7H2,1-2H3. The molecule has 0 fully saturated rings. The van der Waals surface area contributed by atoms with Crippen LogP contribution in [0.3, 0.4) is 0 Å². The number of nitrogens with one attached hydrogen (secondary N) is 1. The van der Waals surface area contributed by atoms with E-state index < -0.39 is 0 Å². The van der Waals surface area contributed by atoms with E-state index in [1.165, 1.54) is 5.69 Å². The molecule has 0 atom stereocenters. The lowest BCUT2D eigenvalue weighted by Gasteiger charge is -2.05. The quantitative estimate of drug-likeness (QED) is 0.809. The van der Waals surface area contributed by atoms with E-state index in [-0.39, 0.29) is 0 Å². The predicted octanol–water partition coefficient (Wildman–Crippen LogP) is 0.947. The van der Waals surface area contributed by atoms with Crippen LogP contribution in [-0.4, -0.2) is 21.8 Å². The van der Waals surface area contributed by atoms with Gasteiger partial charge in [0.1, 0.15) is 6.54 Å². The zero-order valence-corrected chi connectivity index (χ0v) is 8.90. The van der Waals surface area contributed by atoms with Crippen LogP contribution in [-0.2, 0) is 13.1 Å². The summed E-state index contributed by atoms with van der Waals surface area (Å²) in [6, 6.07) is 4.08. The van der Waals surface area contributed by atoms with Gasteiger partial charge in [-0.25, -0.2) is 0 Å². The van der Waals surface area contributed by atoms with Crippen molar-refractivity contribution < 1.29 is 4.42 Å². The molecule has 0 aliphatic heterocycles. The molecule has 0 aromatic carbocycles. The van der Waals surface area contributed by atoms with Gasteiger partial charge in [-0.05, 0) is 19.2 Å². The molecule has 2 aromatic rings. The lowest BCUT2D eigenvalue weighted by atomic mass is 10.4. The fourth-order valence-corrected chi connectivity index (χ4v) is 1.49. The molecule has 15 heavy (non-hydrogen) atoms. The summed E-state index contributed by atoms with van der Waals surface area (Å²) in [5.41, 5.74) is 1.20. The Hall–Kier alpha value is -1.62. The monoisotopic (exact) mass is 206 g/mol. The van der Waals surface area contributed by atoms with Gasteiger partial charge in [0.15, 0.2) is 0 Å². The van der Waals surface area contributed by atoms with Crippen LogP contribution in [0.2, 0.25) is 0 Å². The Morgan fingerprint density at radius 3 is 3.00 bits per heavy atom. The summed E-state index contributed by atoms with van der Waals surface area (Å²) in [7, 11) is 1.92. The number of hydrogen-bond donors (Lipinski definition) is 1. The van der Waals surface area contributed by atoms with Gasteiger partial charge < -0.3 is 14.3 Å². The molecule has 2 rings (SSSR count). The number of hydrogen-bond acceptors (Lipinski definition) is 4. The molecule has 0 saturated carbocycles. The third-order valence-corrected chi connectivity index (χ3v) is 2.15. The molecule has 5 heteroatoms. The highest BCUT2D eigenvalue weighted by atomic mass is 16.4. The Morgan fingerprint density at radius 2 is 2.33 bits per heavy atom. The van der Waals surface area contributed by atoms with Gasteiger partial charge in [-0.15, -0.1) is 10.2 Å². The van der Waals surface area contributed by atoms with Crippen molar-refractivity contribution in [3.05, 3.63) is 35.8 Å². The maximum absolute atomic E-state index is 5.33. The van der Waals surface area contributed by atoms with Crippen LogP contribution in [0.4, 0.5) is 0 Å². The van der Waals surface area contributed by atoms with E-state index in [0.29, 0.717) is 18.3 Å². The number of aromatic nitrogens is 3. The minimum Gasteiger partial charge on any atom is -0.424 e. The molecule has 0 bridgehead atoms. The van der Waals surface area contributed by atoms with Crippen LogP contribution in [0.1, 0.15) is 17.5 Å². The second-order valence-electron chi connectivity index (χ2n) is 3.37. The molecule has 0 radical (unpaired) electrons. The summed E-state index contributed by atoms with van der Waals surface area (Å²) < 4.78 is 7.41. The van der Waals surface area contributed by atoms with Gasteiger partial charge in [-0.3, -0.25) is 0 Å². The molecule has 0 unspecified atom stereocenters. The summed E-state index contributed by atoms with van der Waals surface area (Å²) >= 11 is 0. The summed E-state index contributed by atoms with van der Waals surface area (Å²) in [4.78, 5) is 0. The molecule has 0 aliphatic carbocycles. The van der Waals surface area contributed by atoms with E-state index in [4.69, 9.17) is 4.42 Å². The molecule has 1 N–H and O–H groups in total. The smallest absolute Gasteiger partial charge is 0.236 e. The molecule has 2 heterocycles. The zero-order valence-electron chi connectivity index (χ0n) is 8.90. The first-order valence-electron chi connectivity index (χ1n) is 4.87. The highest BCUT2D eigenvalue weighted by molar-refractivity contribution is 5.08. The lowest BCUT2D eigenvalue weighted by molar-refractivity contribution is 0.451. The fourth-order valence-electron chi connectivity index (χ4n) is 1.49. The largest absolute Gasteiger partial charge is 0.424 e. The SMILES string of the molecule is CNCc1cccn1Cc1nnc(C)o1. The topological polar surface area (TPSA) is 55.9 Å². The molecular formula is C10H14N4O. The molecule has 0 aliphatic rings. The number of rotatable bonds is 4. The van der Waals surface area contributed by atoms with Gasteiger partial charge in [0.2, 0.25) is 11.8 Å². The predicted molar refractivity (Wildman–Crippen MR) is 55.3 cm³/mol. The van der Waals surface area contributed by atoms with Gasteiger partial charge in [-0.2, -0.15) is 0 Å². The third-order valence-electron chi connectivity index (χ3n) is 2.15. The van der Waals surface area contributed by atoms with E-state index in [1.807, 2.05) is 19.3 Å². The minimum atomic E-state index is 0.604. The van der Waals surface area contributed by atoms with E-state index in [2.05, 4.69) is 26.1 Å². The fraction of sp³-hybridized carbons (Fsp3) is 0.400. The van der Waals surface area contributed by atoms with Crippen molar-refractivity contribution in [2.75, 3.05) is 7.05 Å². The first-order chi connectivity index (χ1) is 7.29. The Morgan fingerprint density at radius 1 is 1.47 bits per heavy atom. The highest BCUT2D eigenvalue weighted by Gasteiger charge is 2.05. The summed E-state index contributed by atoms with van der Waals surface area (Å²) in [5, 5.41) is 10.9. The van der Waals surface area contributed by atoms with Gasteiger partial charge >= 0.3 is 0 Å². The van der Waals surface area contributed by atoms with Crippen molar-refractivity contribution in [3.8, 4) is 0 Å². The second-order valence-corrected chi connectivity index (χ2v) is 3.37. The molecule has 2 aromatic heterocycles. The Kier molecular flexibility index (Phi) is 2.82. The summed E-state index contributed by atoms with van der Waals surface area (Å²) in [6.45, 7) is 3.26. The Labute approximate surface area is 88.1 Å². The van der Waals surface area contributed by atoms with Crippen LogP contribution in [0.5, 0.6) is 0 Å². The van der Waals surface area contributed by atoms with Crippen molar-refractivity contribution >= 4 is 0 Å². The van der Waals surface area contributed by atoms with Crippen LogP contribution in [0.15, 0.2) is 22.7 Å². The molecule has 5 nitrogen and oxygen atoms in total. The van der Waals surface area contributed by atoms with Crippen LogP contribution in [0.25, 0.3) is 0 Å². The zero-order chi connectivity index (χ0) is 10.7. The molecule has 80 valence electrons. The van der Waals surface area contributed by atoms with Gasteiger partial charge in [0.25, 0.3) is 0 Å². The Bertz CT molecular complexity index is 432. The maximum Gasteiger partial charge on any atom is 0.236 e. The van der Waals surface area contributed by atoms with Crippen molar-refractivity contribution in [1.29, 1.82) is 0 Å². The van der Waals surface area contributed by atoms with Crippen LogP contribution >= 0.6 is 0 Å². The van der Waals surface area contributed by atoms with E-state index in [9.17, 15) is 0 Å². The van der Waals surface area contributed by atoms with Gasteiger partial charge in [-0.1, -0.05) is 0 Å². The highest BCUT2D eigenvalue weighted by Crippen LogP contribution is 2.06. The van der Waals surface area contributed by atoms with Crippen LogP contribution in [0, 0.1) is 6.92 Å². The maximum atomic E-state index is 5.33. The molecular weight excluding hydrogens is 192 g/mol. The molecule has 0 amide bonds. The Balaban J connectivity index is 2.13. The first-order valence-corrected chi connectivity index (χ1v) is 4.87. The van der Waals surface area contributed by atoms with Gasteiger partial charge in [0, 0.05) is 25.4 Å². The van der Waals surface area contributed by atoms with E-state index >= 15 is 0 Å². The van der Waals surface area contributed by atoms with Crippen molar-refractivity contribution in [2.45, 2.75) is 20.0 Å². The van der Waals surface area contributed by atoms with Crippen molar-refractivity contribution in [1.82, 2.24) is 20.1 Å². The summed E-state index contributed by atoms with van der Waals surface area (Å²) in [5.74, 6) is 1.24. The van der Waals surface area contributed by atoms with Crippen molar-refractivity contribution in [3.63, 3.8) is 0 Å². The third kappa shape index (κ3) is 2.24. The summed E-state index contributed by atoms with van der Waals surface area (Å²) in [6.07, 6.45) is 2.01. The van der Waals surface area contributed by atoms with Crippen molar-refractivity contribution in [2.24, 2.45) is 0 Å². The van der Waals surface area contributed by atoms with Gasteiger partial charge in [0.05, 0.1) is 0 Å². The lowest BCUT2D eigenvalue weighted by Crippen LogP contribution is -2.11. The number of aryl methyl sites for hydroxylation is 1. The van der Waals surface area contributed by atoms with E-state index in [0.717, 1.165) is 6.54 Å². The number of nitrogens with zero attached hydrogens (tertiary/aromatic N) is 3. The average molecular weight is 206 g/mol.